The molecule has 1 aliphatic heterocycles. The molecule has 4 heteroatoms. The molecule has 2 N–H and O–H groups in total. The van der Waals surface area contributed by atoms with E-state index in [1.165, 1.54) is 0 Å². The number of hydrogen-bond donors (Lipinski definition) is 2. The molecular formula is C5H8N4. The summed E-state index contributed by atoms with van der Waals surface area (Å²) in [4.78, 5) is 1.75. The lowest BCUT2D eigenvalue weighted by Gasteiger charge is -1.92. The van der Waals surface area contributed by atoms with Gasteiger partial charge in [-0.2, -0.15) is 0 Å². The molecule has 0 aliphatic carbocycles. The molecule has 0 atom stereocenters. The Morgan fingerprint density at radius 3 is 2.00 bits per heavy atom. The molecule has 1 aliphatic rings. The van der Waals surface area contributed by atoms with Crippen molar-refractivity contribution < 1.29 is 0 Å². The first-order valence-electron chi connectivity index (χ1n) is 2.48. The van der Waals surface area contributed by atoms with Gasteiger partial charge in [0, 0.05) is 0 Å². The van der Waals surface area contributed by atoms with Gasteiger partial charge in [-0.05, 0) is 29.3 Å². The second-order valence-electron chi connectivity index (χ2n) is 1.31. The zero-order valence-electron chi connectivity index (χ0n) is 4.91. The van der Waals surface area contributed by atoms with Crippen LogP contribution in [0.4, 0.5) is 0 Å². The number of dihydropyridines is 1. The molecular weight excluding hydrogens is 116 g/mol. The van der Waals surface area contributed by atoms with E-state index >= 15 is 0 Å². The summed E-state index contributed by atoms with van der Waals surface area (Å²) in [6.45, 7) is 0. The van der Waals surface area contributed by atoms with Crippen LogP contribution in [0, 0.1) is 5.53 Å². The highest BCUT2D eigenvalue weighted by atomic mass is 15.0. The van der Waals surface area contributed by atoms with Gasteiger partial charge in [-0.1, -0.05) is 12.2 Å². The van der Waals surface area contributed by atoms with Gasteiger partial charge in [-0.25, -0.2) is 0 Å². The van der Waals surface area contributed by atoms with Crippen molar-refractivity contribution in [3.8, 4) is 0 Å². The van der Waals surface area contributed by atoms with Crippen molar-refractivity contribution in [1.82, 2.24) is 5.32 Å². The predicted octanol–water partition coefficient (Wildman–Crippen LogP) is 1.88. The quantitative estimate of drug-likeness (QED) is 0.289. The second kappa shape index (κ2) is 6.59. The first-order valence-corrected chi connectivity index (χ1v) is 2.48. The minimum Gasteiger partial charge on any atom is -0.368 e. The minimum absolute atomic E-state index is 1.08. The van der Waals surface area contributed by atoms with Gasteiger partial charge in [0.2, 0.25) is 0 Å². The maximum Gasteiger partial charge on any atom is -0.00208 e. The van der Waals surface area contributed by atoms with Gasteiger partial charge >= 0.3 is 0 Å². The highest BCUT2D eigenvalue weighted by molar-refractivity contribution is 4.98. The van der Waals surface area contributed by atoms with Gasteiger partial charge in [-0.15, -0.1) is 5.53 Å². The predicted molar refractivity (Wildman–Crippen MR) is 35.5 cm³/mol. The lowest BCUT2D eigenvalue weighted by atomic mass is 10.4. The van der Waals surface area contributed by atoms with E-state index in [0.717, 1.165) is 6.42 Å². The molecule has 48 valence electrons. The average molecular weight is 124 g/mol. The molecule has 0 aromatic rings. The lowest BCUT2D eigenvalue weighted by Crippen LogP contribution is -1.93. The normalized spacial score (nSPS) is 12.4. The van der Waals surface area contributed by atoms with E-state index in [4.69, 9.17) is 11.1 Å². The fourth-order valence-electron chi connectivity index (χ4n) is 0.406. The van der Waals surface area contributed by atoms with Crippen LogP contribution in [0.25, 0.3) is 10.4 Å². The Hall–Kier alpha value is -1.41. The minimum atomic E-state index is 1.08. The summed E-state index contributed by atoms with van der Waals surface area (Å²) < 4.78 is 0. The first kappa shape index (κ1) is 7.59. The Morgan fingerprint density at radius 1 is 1.44 bits per heavy atom. The average Bonchev–Trinajstić information content (AvgIpc) is 1.93. The van der Waals surface area contributed by atoms with Gasteiger partial charge in [0.1, 0.15) is 0 Å². The van der Waals surface area contributed by atoms with Gasteiger partial charge in [0.05, 0.1) is 0 Å². The fourth-order valence-corrected chi connectivity index (χ4v) is 0.406. The molecule has 1 rings (SSSR count). The molecule has 0 fully saturated rings. The monoisotopic (exact) mass is 124 g/mol. The fraction of sp³-hybridized carbons (Fsp3) is 0.200. The van der Waals surface area contributed by atoms with Crippen molar-refractivity contribution in [3.05, 3.63) is 35.0 Å². The molecule has 0 saturated heterocycles. The Labute approximate surface area is 53.3 Å². The highest BCUT2D eigenvalue weighted by Gasteiger charge is 1.73. The third kappa shape index (κ3) is 6.59. The molecule has 0 unspecified atom stereocenters. The third-order valence-electron chi connectivity index (χ3n) is 0.700. The second-order valence-corrected chi connectivity index (χ2v) is 1.31. The number of allylic oxidation sites excluding steroid dienone is 2. The van der Waals surface area contributed by atoms with Gasteiger partial charge in [-0.3, -0.25) is 0 Å². The number of nitrogens with one attached hydrogen (secondary N) is 2. The third-order valence-corrected chi connectivity index (χ3v) is 0.700. The van der Waals surface area contributed by atoms with Crippen molar-refractivity contribution in [3.63, 3.8) is 0 Å². The molecule has 0 bridgehead atoms. The van der Waals surface area contributed by atoms with Crippen LogP contribution in [0.2, 0.25) is 0 Å². The Kier molecular flexibility index (Phi) is 5.56. The summed E-state index contributed by atoms with van der Waals surface area (Å²) in [6.07, 6.45) is 9.08. The van der Waals surface area contributed by atoms with E-state index in [1.807, 2.05) is 12.4 Å². The van der Waals surface area contributed by atoms with E-state index in [2.05, 4.69) is 17.5 Å². The van der Waals surface area contributed by atoms with Crippen molar-refractivity contribution >= 4 is 0 Å². The first-order chi connectivity index (χ1) is 4.41. The van der Waals surface area contributed by atoms with Crippen LogP contribution in [-0.2, 0) is 0 Å². The molecule has 0 spiro atoms. The van der Waals surface area contributed by atoms with Crippen LogP contribution in [0.15, 0.2) is 24.6 Å². The molecule has 1 heterocycles. The van der Waals surface area contributed by atoms with Gasteiger partial charge < -0.3 is 5.32 Å². The maximum atomic E-state index is 6.86. The van der Waals surface area contributed by atoms with E-state index in [1.54, 1.807) is 4.91 Å². The maximum absolute atomic E-state index is 6.86. The number of nitrogens with zero attached hydrogens (tertiary/aromatic N) is 2. The van der Waals surface area contributed by atoms with Crippen LogP contribution >= 0.6 is 0 Å². The number of hydrogen-bond acceptors (Lipinski definition) is 2. The van der Waals surface area contributed by atoms with Crippen molar-refractivity contribution in [1.29, 1.82) is 5.53 Å². The van der Waals surface area contributed by atoms with E-state index in [-0.39, 0.29) is 0 Å². The SMILES string of the molecule is C1=CNC=CC1.[N-]=[N+]=N. The van der Waals surface area contributed by atoms with Crippen LogP contribution in [-0.4, -0.2) is 0 Å². The van der Waals surface area contributed by atoms with Crippen LogP contribution in [0.3, 0.4) is 0 Å². The number of rotatable bonds is 0. The van der Waals surface area contributed by atoms with Crippen molar-refractivity contribution in [2.45, 2.75) is 6.42 Å². The molecule has 0 aromatic carbocycles. The molecule has 0 radical (unpaired) electrons. The van der Waals surface area contributed by atoms with Crippen LogP contribution in [0.1, 0.15) is 6.42 Å². The van der Waals surface area contributed by atoms with E-state index in [0.29, 0.717) is 0 Å². The molecule has 0 amide bonds. The van der Waals surface area contributed by atoms with E-state index in [9.17, 15) is 0 Å². The summed E-state index contributed by atoms with van der Waals surface area (Å²) >= 11 is 0. The summed E-state index contributed by atoms with van der Waals surface area (Å²) in [5.41, 5.74) is 12.2. The van der Waals surface area contributed by atoms with E-state index < -0.39 is 0 Å². The van der Waals surface area contributed by atoms with Crippen LogP contribution < -0.4 is 5.32 Å². The zero-order chi connectivity index (χ0) is 6.95. The highest BCUT2D eigenvalue weighted by Crippen LogP contribution is 1.86. The van der Waals surface area contributed by atoms with Gasteiger partial charge in [0.25, 0.3) is 0 Å². The van der Waals surface area contributed by atoms with Crippen molar-refractivity contribution in [2.75, 3.05) is 0 Å². The summed E-state index contributed by atoms with van der Waals surface area (Å²) in [6, 6.07) is 0. The molecule has 0 saturated carbocycles. The molecule has 4 nitrogen and oxygen atoms in total. The van der Waals surface area contributed by atoms with Gasteiger partial charge in [0.15, 0.2) is 0 Å². The zero-order valence-corrected chi connectivity index (χ0v) is 4.91. The van der Waals surface area contributed by atoms with Crippen LogP contribution in [0.5, 0.6) is 0 Å². The smallest absolute Gasteiger partial charge is 0.00208 e. The van der Waals surface area contributed by atoms with Crippen molar-refractivity contribution in [2.24, 2.45) is 0 Å². The lowest BCUT2D eigenvalue weighted by molar-refractivity contribution is 1.11. The Balaban J connectivity index is 0.000000187. The summed E-state index contributed by atoms with van der Waals surface area (Å²) in [5, 5.41) is 2.92. The summed E-state index contributed by atoms with van der Waals surface area (Å²) in [7, 11) is 0. The topological polar surface area (TPSA) is 72.3 Å². The standard InChI is InChI=1S/C5H7N.HN3/c1-2-4-6-5-3-1;1-3-2/h2-6H,1H2;1H. The summed E-state index contributed by atoms with van der Waals surface area (Å²) in [5.74, 6) is 0. The molecule has 9 heavy (non-hydrogen) atoms. The molecule has 0 aromatic heterocycles. The largest absolute Gasteiger partial charge is 0.368 e. The Morgan fingerprint density at radius 2 is 1.89 bits per heavy atom. The Bertz CT molecular complexity index is 121.